The number of hydrogen-bond acceptors (Lipinski definition) is 2. The molecule has 148 valence electrons. The number of carbonyl (C=O) groups is 1. The van der Waals surface area contributed by atoms with Crippen LogP contribution in [0.4, 0.5) is 0 Å². The Labute approximate surface area is 176 Å². The summed E-state index contributed by atoms with van der Waals surface area (Å²) in [6.07, 6.45) is 2.89. The van der Waals surface area contributed by atoms with E-state index in [0.717, 1.165) is 28.3 Å². The molecule has 0 radical (unpaired) electrons. The van der Waals surface area contributed by atoms with Crippen LogP contribution in [-0.4, -0.2) is 10.9 Å². The Hall–Kier alpha value is -3.43. The van der Waals surface area contributed by atoms with Gasteiger partial charge in [-0.3, -0.25) is 4.79 Å². The molecule has 1 aromatic heterocycles. The van der Waals surface area contributed by atoms with Crippen molar-refractivity contribution in [1.82, 2.24) is 4.57 Å². The SMILES string of the molecule is C=C(C)c1c(Cn2cc(C=O)c3ccccc32)cc(-c2ccccc2)c2c1COC2. The molecule has 0 aliphatic carbocycles. The lowest BCUT2D eigenvalue weighted by Crippen LogP contribution is -2.06. The van der Waals surface area contributed by atoms with E-state index in [-0.39, 0.29) is 0 Å². The van der Waals surface area contributed by atoms with Crippen LogP contribution in [0.5, 0.6) is 0 Å². The number of rotatable bonds is 5. The fraction of sp³-hybridized carbons (Fsp3) is 0.148. The quantitative estimate of drug-likeness (QED) is 0.376. The summed E-state index contributed by atoms with van der Waals surface area (Å²) in [7, 11) is 0. The smallest absolute Gasteiger partial charge is 0.152 e. The third-order valence-electron chi connectivity index (χ3n) is 5.92. The summed E-state index contributed by atoms with van der Waals surface area (Å²) < 4.78 is 8.04. The predicted molar refractivity (Wildman–Crippen MR) is 122 cm³/mol. The van der Waals surface area contributed by atoms with Crippen LogP contribution >= 0.6 is 0 Å². The highest BCUT2D eigenvalue weighted by Gasteiger charge is 2.24. The van der Waals surface area contributed by atoms with Crippen LogP contribution in [-0.2, 0) is 24.5 Å². The summed E-state index contributed by atoms with van der Waals surface area (Å²) in [4.78, 5) is 11.6. The highest BCUT2D eigenvalue weighted by molar-refractivity contribution is 5.97. The topological polar surface area (TPSA) is 31.2 Å². The number of carbonyl (C=O) groups excluding carboxylic acids is 1. The molecule has 5 rings (SSSR count). The van der Waals surface area contributed by atoms with Gasteiger partial charge in [0.15, 0.2) is 6.29 Å². The molecule has 1 aliphatic rings. The molecule has 0 bridgehead atoms. The van der Waals surface area contributed by atoms with Gasteiger partial charge in [-0.2, -0.15) is 0 Å². The molecule has 0 atom stereocenters. The Morgan fingerprint density at radius 1 is 1.07 bits per heavy atom. The summed E-state index contributed by atoms with van der Waals surface area (Å²) in [6, 6.07) is 20.8. The summed E-state index contributed by atoms with van der Waals surface area (Å²) in [6.45, 7) is 8.24. The molecule has 0 N–H and O–H groups in total. The maximum absolute atomic E-state index is 11.6. The monoisotopic (exact) mass is 393 g/mol. The average Bonchev–Trinajstić information content (AvgIpc) is 3.39. The Bertz CT molecular complexity index is 1280. The number of nitrogens with zero attached hydrogens (tertiary/aromatic N) is 1. The van der Waals surface area contributed by atoms with Crippen molar-refractivity contribution in [2.24, 2.45) is 0 Å². The first-order valence-corrected chi connectivity index (χ1v) is 10.2. The minimum atomic E-state index is 0.608. The third kappa shape index (κ3) is 2.99. The second kappa shape index (κ2) is 7.43. The van der Waals surface area contributed by atoms with Crippen LogP contribution < -0.4 is 0 Å². The van der Waals surface area contributed by atoms with Gasteiger partial charge in [0, 0.05) is 29.2 Å². The van der Waals surface area contributed by atoms with Gasteiger partial charge in [-0.25, -0.2) is 0 Å². The van der Waals surface area contributed by atoms with E-state index in [9.17, 15) is 4.79 Å². The molecular weight excluding hydrogens is 370 g/mol. The van der Waals surface area contributed by atoms with Crippen molar-refractivity contribution in [2.75, 3.05) is 0 Å². The number of hydrogen-bond donors (Lipinski definition) is 0. The lowest BCUT2D eigenvalue weighted by molar-refractivity contribution is 0.112. The molecule has 0 fully saturated rings. The number of ether oxygens (including phenoxy) is 1. The van der Waals surface area contributed by atoms with Gasteiger partial charge in [0.1, 0.15) is 0 Å². The van der Waals surface area contributed by atoms with E-state index in [1.807, 2.05) is 30.5 Å². The molecule has 3 aromatic carbocycles. The number of aromatic nitrogens is 1. The van der Waals surface area contributed by atoms with Crippen molar-refractivity contribution in [3.8, 4) is 11.1 Å². The number of allylic oxidation sites excluding steroid dienone is 1. The van der Waals surface area contributed by atoms with Crippen molar-refractivity contribution >= 4 is 22.8 Å². The van der Waals surface area contributed by atoms with Crippen LogP contribution in [0, 0.1) is 0 Å². The first-order valence-electron chi connectivity index (χ1n) is 10.2. The normalized spacial score (nSPS) is 12.8. The van der Waals surface area contributed by atoms with E-state index in [1.54, 1.807) is 0 Å². The number of para-hydroxylation sites is 1. The zero-order valence-corrected chi connectivity index (χ0v) is 17.0. The van der Waals surface area contributed by atoms with Crippen molar-refractivity contribution in [3.05, 3.63) is 101 Å². The molecule has 30 heavy (non-hydrogen) atoms. The molecule has 3 nitrogen and oxygen atoms in total. The second-order valence-corrected chi connectivity index (χ2v) is 7.90. The summed E-state index contributed by atoms with van der Waals surface area (Å²) in [5, 5.41) is 0.983. The Kier molecular flexibility index (Phi) is 4.61. The number of benzene rings is 3. The molecule has 0 unspecified atom stereocenters. The van der Waals surface area contributed by atoms with Crippen molar-refractivity contribution < 1.29 is 9.53 Å². The van der Waals surface area contributed by atoms with Gasteiger partial charge in [-0.05, 0) is 52.4 Å². The minimum absolute atomic E-state index is 0.608. The van der Waals surface area contributed by atoms with Crippen LogP contribution in [0.15, 0.2) is 73.4 Å². The van der Waals surface area contributed by atoms with E-state index in [4.69, 9.17) is 4.74 Å². The number of fused-ring (bicyclic) bond motifs is 2. The molecule has 0 saturated carbocycles. The minimum Gasteiger partial charge on any atom is -0.372 e. The maximum Gasteiger partial charge on any atom is 0.152 e. The molecule has 3 heteroatoms. The molecular formula is C27H23NO2. The van der Waals surface area contributed by atoms with E-state index >= 15 is 0 Å². The fourth-order valence-electron chi connectivity index (χ4n) is 4.64. The molecule has 0 amide bonds. The highest BCUT2D eigenvalue weighted by atomic mass is 16.5. The fourth-order valence-corrected chi connectivity index (χ4v) is 4.64. The van der Waals surface area contributed by atoms with Gasteiger partial charge in [0.2, 0.25) is 0 Å². The summed E-state index contributed by atoms with van der Waals surface area (Å²) >= 11 is 0. The van der Waals surface area contributed by atoms with Gasteiger partial charge in [0.05, 0.1) is 13.2 Å². The van der Waals surface area contributed by atoms with Crippen LogP contribution in [0.2, 0.25) is 0 Å². The summed E-state index contributed by atoms with van der Waals surface area (Å²) in [5.41, 5.74) is 10.1. The van der Waals surface area contributed by atoms with Gasteiger partial charge in [-0.15, -0.1) is 0 Å². The van der Waals surface area contributed by atoms with Gasteiger partial charge >= 0.3 is 0 Å². The maximum atomic E-state index is 11.6. The van der Waals surface area contributed by atoms with Gasteiger partial charge in [-0.1, -0.05) is 60.7 Å². The van der Waals surface area contributed by atoms with Crippen LogP contribution in [0.3, 0.4) is 0 Å². The van der Waals surface area contributed by atoms with Gasteiger partial charge < -0.3 is 9.30 Å². The van der Waals surface area contributed by atoms with E-state index in [0.29, 0.717) is 19.8 Å². The van der Waals surface area contributed by atoms with E-state index in [1.165, 1.54) is 33.4 Å². The Balaban J connectivity index is 1.72. The zero-order valence-electron chi connectivity index (χ0n) is 17.0. The average molecular weight is 393 g/mol. The third-order valence-corrected chi connectivity index (χ3v) is 5.92. The zero-order chi connectivity index (χ0) is 20.7. The molecule has 0 saturated heterocycles. The Morgan fingerprint density at radius 2 is 1.80 bits per heavy atom. The van der Waals surface area contributed by atoms with Gasteiger partial charge in [0.25, 0.3) is 0 Å². The largest absolute Gasteiger partial charge is 0.372 e. The molecule has 0 spiro atoms. The molecule has 4 aromatic rings. The van der Waals surface area contributed by atoms with Crippen molar-refractivity contribution in [1.29, 1.82) is 0 Å². The summed E-state index contributed by atoms with van der Waals surface area (Å²) in [5.74, 6) is 0. The molecule has 1 aliphatic heterocycles. The van der Waals surface area contributed by atoms with E-state index in [2.05, 4.69) is 54.5 Å². The first kappa shape index (κ1) is 18.6. The lowest BCUT2D eigenvalue weighted by atomic mass is 9.87. The highest BCUT2D eigenvalue weighted by Crippen LogP contribution is 2.39. The van der Waals surface area contributed by atoms with Crippen LogP contribution in [0.1, 0.15) is 39.5 Å². The predicted octanol–water partition coefficient (Wildman–Crippen LogP) is 6.23. The first-order chi connectivity index (χ1) is 14.7. The van der Waals surface area contributed by atoms with Crippen molar-refractivity contribution in [3.63, 3.8) is 0 Å². The van der Waals surface area contributed by atoms with Crippen molar-refractivity contribution in [2.45, 2.75) is 26.7 Å². The number of aldehydes is 1. The lowest BCUT2D eigenvalue weighted by Gasteiger charge is -2.19. The Morgan fingerprint density at radius 3 is 2.57 bits per heavy atom. The van der Waals surface area contributed by atoms with Crippen LogP contribution in [0.25, 0.3) is 27.6 Å². The standard InChI is InChI=1S/C27H23NO2/c1-18(2)27-20(13-28-14-21(15-29)22-10-6-7-11-26(22)28)12-23(19-8-4-3-5-9-19)24-16-30-17-25(24)27/h3-12,14-15H,1,13,16-17H2,2H3. The van der Waals surface area contributed by atoms with E-state index < -0.39 is 0 Å². The molecule has 2 heterocycles. The second-order valence-electron chi connectivity index (χ2n) is 7.90.